The van der Waals surface area contributed by atoms with E-state index in [4.69, 9.17) is 10.5 Å². The number of rotatable bonds is 5. The second-order valence-electron chi connectivity index (χ2n) is 3.98. The Balaban J connectivity index is 2.95. The highest BCUT2D eigenvalue weighted by Gasteiger charge is 2.16. The number of aryl methyl sites for hydroxylation is 1. The van der Waals surface area contributed by atoms with Gasteiger partial charge in [-0.1, -0.05) is 25.1 Å². The van der Waals surface area contributed by atoms with Crippen molar-refractivity contribution in [3.8, 4) is 5.75 Å². The van der Waals surface area contributed by atoms with E-state index in [2.05, 4.69) is 0 Å². The van der Waals surface area contributed by atoms with Crippen LogP contribution in [-0.4, -0.2) is 13.0 Å². The zero-order valence-electron chi connectivity index (χ0n) is 10.1. The Morgan fingerprint density at radius 1 is 1.50 bits per heavy atom. The predicted molar refractivity (Wildman–Crippen MR) is 64.4 cm³/mol. The van der Waals surface area contributed by atoms with Crippen molar-refractivity contribution in [3.05, 3.63) is 29.3 Å². The van der Waals surface area contributed by atoms with Gasteiger partial charge >= 0.3 is 0 Å². The molecule has 0 saturated heterocycles. The second-order valence-corrected chi connectivity index (χ2v) is 3.98. The molecule has 1 amide bonds. The van der Waals surface area contributed by atoms with Crippen LogP contribution in [0.4, 0.5) is 0 Å². The van der Waals surface area contributed by atoms with E-state index in [0.29, 0.717) is 6.42 Å². The quantitative estimate of drug-likeness (QED) is 0.827. The molecule has 0 saturated carbocycles. The van der Waals surface area contributed by atoms with Crippen molar-refractivity contribution in [2.75, 3.05) is 7.11 Å². The maximum absolute atomic E-state index is 11.2. The van der Waals surface area contributed by atoms with Crippen molar-refractivity contribution < 1.29 is 9.53 Å². The number of methoxy groups -OCH3 is 1. The smallest absolute Gasteiger partial charge is 0.220 e. The van der Waals surface area contributed by atoms with Gasteiger partial charge in [-0.25, -0.2) is 0 Å². The molecule has 0 heterocycles. The topological polar surface area (TPSA) is 52.3 Å². The molecule has 0 aliphatic carbocycles. The summed E-state index contributed by atoms with van der Waals surface area (Å²) in [5, 5.41) is 0. The van der Waals surface area contributed by atoms with Gasteiger partial charge in [0.05, 0.1) is 7.11 Å². The number of para-hydroxylation sites is 1. The van der Waals surface area contributed by atoms with Gasteiger partial charge in [-0.2, -0.15) is 0 Å². The third kappa shape index (κ3) is 2.75. The lowest BCUT2D eigenvalue weighted by Gasteiger charge is -2.15. The lowest BCUT2D eigenvalue weighted by molar-refractivity contribution is -0.121. The zero-order valence-corrected chi connectivity index (χ0v) is 10.1. The molecule has 1 unspecified atom stereocenters. The minimum absolute atomic E-state index is 0.115. The third-order valence-corrected chi connectivity index (χ3v) is 2.86. The van der Waals surface area contributed by atoms with E-state index in [1.165, 1.54) is 0 Å². The molecular weight excluding hydrogens is 202 g/mol. The monoisotopic (exact) mass is 221 g/mol. The SMILES string of the molecule is CCC(Cc1cccc(C)c1OC)C(N)=O. The van der Waals surface area contributed by atoms with Gasteiger partial charge in [-0.05, 0) is 30.9 Å². The maximum atomic E-state index is 11.2. The van der Waals surface area contributed by atoms with Crippen LogP contribution in [0.3, 0.4) is 0 Å². The number of ether oxygens (including phenoxy) is 1. The molecule has 0 spiro atoms. The number of benzene rings is 1. The van der Waals surface area contributed by atoms with Gasteiger partial charge in [-0.3, -0.25) is 4.79 Å². The fourth-order valence-corrected chi connectivity index (χ4v) is 1.88. The highest BCUT2D eigenvalue weighted by Crippen LogP contribution is 2.26. The Labute approximate surface area is 96.6 Å². The summed E-state index contributed by atoms with van der Waals surface area (Å²) in [6.45, 7) is 3.96. The summed E-state index contributed by atoms with van der Waals surface area (Å²) >= 11 is 0. The molecule has 1 aromatic rings. The first-order valence-corrected chi connectivity index (χ1v) is 5.52. The fraction of sp³-hybridized carbons (Fsp3) is 0.462. The molecule has 0 aliphatic heterocycles. The second kappa shape index (κ2) is 5.54. The predicted octanol–water partition coefficient (Wildman–Crippen LogP) is 2.06. The average Bonchev–Trinajstić information content (AvgIpc) is 2.25. The van der Waals surface area contributed by atoms with E-state index >= 15 is 0 Å². The number of amides is 1. The van der Waals surface area contributed by atoms with Crippen LogP contribution in [-0.2, 0) is 11.2 Å². The Morgan fingerprint density at radius 2 is 2.19 bits per heavy atom. The van der Waals surface area contributed by atoms with Crippen LogP contribution in [0.2, 0.25) is 0 Å². The summed E-state index contributed by atoms with van der Waals surface area (Å²) in [4.78, 5) is 11.2. The minimum Gasteiger partial charge on any atom is -0.496 e. The first-order valence-electron chi connectivity index (χ1n) is 5.52. The highest BCUT2D eigenvalue weighted by atomic mass is 16.5. The van der Waals surface area contributed by atoms with Crippen LogP contribution >= 0.6 is 0 Å². The summed E-state index contributed by atoms with van der Waals surface area (Å²) in [6, 6.07) is 5.95. The van der Waals surface area contributed by atoms with E-state index < -0.39 is 0 Å². The van der Waals surface area contributed by atoms with Gasteiger partial charge < -0.3 is 10.5 Å². The average molecular weight is 221 g/mol. The van der Waals surface area contributed by atoms with Crippen molar-refractivity contribution in [3.63, 3.8) is 0 Å². The summed E-state index contributed by atoms with van der Waals surface area (Å²) in [5.41, 5.74) is 7.48. The Kier molecular flexibility index (Phi) is 4.35. The van der Waals surface area contributed by atoms with Gasteiger partial charge in [-0.15, -0.1) is 0 Å². The highest BCUT2D eigenvalue weighted by molar-refractivity contribution is 5.77. The lowest BCUT2D eigenvalue weighted by atomic mass is 9.94. The molecule has 2 N–H and O–H groups in total. The molecule has 0 radical (unpaired) electrons. The van der Waals surface area contributed by atoms with Crippen LogP contribution < -0.4 is 10.5 Å². The molecule has 1 rings (SSSR count). The standard InChI is InChI=1S/C13H19NO2/c1-4-10(13(14)15)8-11-7-5-6-9(2)12(11)16-3/h5-7,10H,4,8H2,1-3H3,(H2,14,15). The van der Waals surface area contributed by atoms with Crippen molar-refractivity contribution in [2.45, 2.75) is 26.7 Å². The van der Waals surface area contributed by atoms with Gasteiger partial charge in [0.15, 0.2) is 0 Å². The molecule has 3 nitrogen and oxygen atoms in total. The normalized spacial score (nSPS) is 12.2. The van der Waals surface area contributed by atoms with E-state index in [-0.39, 0.29) is 11.8 Å². The molecule has 0 fully saturated rings. The van der Waals surface area contributed by atoms with Gasteiger partial charge in [0, 0.05) is 5.92 Å². The van der Waals surface area contributed by atoms with Crippen LogP contribution in [0.25, 0.3) is 0 Å². The Hall–Kier alpha value is -1.51. The van der Waals surface area contributed by atoms with Crippen LogP contribution in [0.5, 0.6) is 5.75 Å². The maximum Gasteiger partial charge on any atom is 0.220 e. The molecule has 0 aromatic heterocycles. The molecule has 16 heavy (non-hydrogen) atoms. The molecule has 3 heteroatoms. The first kappa shape index (κ1) is 12.6. The van der Waals surface area contributed by atoms with E-state index in [1.807, 2.05) is 32.0 Å². The fourth-order valence-electron chi connectivity index (χ4n) is 1.88. The molecule has 0 bridgehead atoms. The van der Waals surface area contributed by atoms with E-state index in [0.717, 1.165) is 23.3 Å². The number of hydrogen-bond acceptors (Lipinski definition) is 2. The van der Waals surface area contributed by atoms with Gasteiger partial charge in [0.25, 0.3) is 0 Å². The lowest BCUT2D eigenvalue weighted by Crippen LogP contribution is -2.24. The third-order valence-electron chi connectivity index (χ3n) is 2.86. The number of primary amides is 1. The van der Waals surface area contributed by atoms with Crippen molar-refractivity contribution in [1.29, 1.82) is 0 Å². The molecule has 1 aromatic carbocycles. The minimum atomic E-state index is -0.244. The first-order chi connectivity index (χ1) is 7.60. The summed E-state index contributed by atoms with van der Waals surface area (Å²) in [5.74, 6) is 0.504. The van der Waals surface area contributed by atoms with Crippen LogP contribution in [0.15, 0.2) is 18.2 Å². The van der Waals surface area contributed by atoms with E-state index in [1.54, 1.807) is 7.11 Å². The Morgan fingerprint density at radius 3 is 2.69 bits per heavy atom. The Bertz CT molecular complexity index is 374. The largest absolute Gasteiger partial charge is 0.496 e. The number of hydrogen-bond donors (Lipinski definition) is 1. The summed E-state index contributed by atoms with van der Waals surface area (Å²) < 4.78 is 5.35. The van der Waals surface area contributed by atoms with E-state index in [9.17, 15) is 4.79 Å². The van der Waals surface area contributed by atoms with Gasteiger partial charge in [0.1, 0.15) is 5.75 Å². The van der Waals surface area contributed by atoms with Crippen LogP contribution in [0, 0.1) is 12.8 Å². The molecular formula is C13H19NO2. The number of nitrogens with two attached hydrogens (primary N) is 1. The van der Waals surface area contributed by atoms with Gasteiger partial charge in [0.2, 0.25) is 5.91 Å². The summed E-state index contributed by atoms with van der Waals surface area (Å²) in [7, 11) is 1.65. The molecule has 0 aliphatic rings. The number of carbonyl (C=O) groups is 1. The van der Waals surface area contributed by atoms with Crippen LogP contribution in [0.1, 0.15) is 24.5 Å². The molecule has 88 valence electrons. The van der Waals surface area contributed by atoms with Crippen molar-refractivity contribution in [2.24, 2.45) is 11.7 Å². The van der Waals surface area contributed by atoms with Crippen molar-refractivity contribution in [1.82, 2.24) is 0 Å². The number of carbonyl (C=O) groups excluding carboxylic acids is 1. The molecule has 1 atom stereocenters. The summed E-state index contributed by atoms with van der Waals surface area (Å²) in [6.07, 6.45) is 1.41. The zero-order chi connectivity index (χ0) is 12.1. The van der Waals surface area contributed by atoms with Crippen molar-refractivity contribution >= 4 is 5.91 Å².